The molecule has 2 rings (SSSR count). The van der Waals surface area contributed by atoms with Gasteiger partial charge in [0.15, 0.2) is 0 Å². The lowest BCUT2D eigenvalue weighted by molar-refractivity contribution is 0.1000. The van der Waals surface area contributed by atoms with Crippen LogP contribution in [0, 0.1) is 0 Å². The first-order chi connectivity index (χ1) is 9.69. The van der Waals surface area contributed by atoms with Crippen LogP contribution < -0.4 is 5.32 Å². The zero-order chi connectivity index (χ0) is 14.4. The fraction of sp³-hybridized carbons (Fsp3) is 0.647. The summed E-state index contributed by atoms with van der Waals surface area (Å²) in [4.78, 5) is 5.02. The van der Waals surface area contributed by atoms with E-state index in [0.717, 1.165) is 19.6 Å². The van der Waals surface area contributed by atoms with Crippen LogP contribution in [0.15, 0.2) is 24.3 Å². The van der Waals surface area contributed by atoms with Crippen molar-refractivity contribution in [2.75, 3.05) is 33.2 Å². The highest BCUT2D eigenvalue weighted by molar-refractivity contribution is 5.23. The van der Waals surface area contributed by atoms with Gasteiger partial charge in [0.05, 0.1) is 0 Å². The maximum Gasteiger partial charge on any atom is 0.0235 e. The van der Waals surface area contributed by atoms with Gasteiger partial charge in [-0.25, -0.2) is 0 Å². The summed E-state index contributed by atoms with van der Waals surface area (Å²) in [6.07, 6.45) is 1.19. The van der Waals surface area contributed by atoms with E-state index < -0.39 is 0 Å². The van der Waals surface area contributed by atoms with Crippen LogP contribution in [0.5, 0.6) is 0 Å². The second-order valence-corrected chi connectivity index (χ2v) is 6.06. The first kappa shape index (κ1) is 15.5. The number of nitrogens with zero attached hydrogens (tertiary/aromatic N) is 2. The van der Waals surface area contributed by atoms with Gasteiger partial charge in [-0.2, -0.15) is 0 Å². The summed E-state index contributed by atoms with van der Waals surface area (Å²) in [6.45, 7) is 11.2. The van der Waals surface area contributed by atoms with Gasteiger partial charge in [-0.3, -0.25) is 4.90 Å². The van der Waals surface area contributed by atoms with Gasteiger partial charge in [0.1, 0.15) is 0 Å². The highest BCUT2D eigenvalue weighted by Gasteiger charge is 2.20. The van der Waals surface area contributed by atoms with Gasteiger partial charge in [0.2, 0.25) is 0 Å². The Balaban J connectivity index is 1.87. The molecule has 1 saturated heterocycles. The molecule has 20 heavy (non-hydrogen) atoms. The number of hydrogen-bond acceptors (Lipinski definition) is 3. The van der Waals surface area contributed by atoms with Crippen molar-refractivity contribution < 1.29 is 0 Å². The zero-order valence-electron chi connectivity index (χ0n) is 13.2. The summed E-state index contributed by atoms with van der Waals surface area (Å²) in [5.41, 5.74) is 2.84. The van der Waals surface area contributed by atoms with Crippen LogP contribution in [0.3, 0.4) is 0 Å². The van der Waals surface area contributed by atoms with E-state index >= 15 is 0 Å². The van der Waals surface area contributed by atoms with Gasteiger partial charge in [0, 0.05) is 38.8 Å². The van der Waals surface area contributed by atoms with Crippen molar-refractivity contribution >= 4 is 0 Å². The Labute approximate surface area is 124 Å². The molecule has 1 fully saturated rings. The van der Waals surface area contributed by atoms with Crippen molar-refractivity contribution in [1.82, 2.24) is 15.1 Å². The quantitative estimate of drug-likeness (QED) is 0.804. The van der Waals surface area contributed by atoms with E-state index in [4.69, 9.17) is 0 Å². The second-order valence-electron chi connectivity index (χ2n) is 6.06. The normalized spacial score (nSPS) is 21.2. The highest BCUT2D eigenvalue weighted by Crippen LogP contribution is 2.13. The van der Waals surface area contributed by atoms with Crippen LogP contribution in [-0.4, -0.2) is 49.1 Å². The van der Waals surface area contributed by atoms with Crippen molar-refractivity contribution in [2.24, 2.45) is 0 Å². The molecule has 1 unspecified atom stereocenters. The average Bonchev–Trinajstić information content (AvgIpc) is 2.44. The molecule has 0 aliphatic carbocycles. The number of rotatable bonds is 6. The molecule has 0 spiro atoms. The molecule has 3 heteroatoms. The smallest absolute Gasteiger partial charge is 0.0235 e. The number of likely N-dealkylation sites (N-methyl/N-ethyl adjacent to an activating group) is 1. The van der Waals surface area contributed by atoms with E-state index in [9.17, 15) is 0 Å². The number of hydrogen-bond donors (Lipinski definition) is 1. The minimum Gasteiger partial charge on any atom is -0.313 e. The van der Waals surface area contributed by atoms with E-state index in [0.29, 0.717) is 6.04 Å². The number of nitrogens with one attached hydrogen (secondary N) is 1. The molecule has 112 valence electrons. The Morgan fingerprint density at radius 2 is 2.05 bits per heavy atom. The van der Waals surface area contributed by atoms with Crippen LogP contribution in [-0.2, 0) is 13.1 Å². The summed E-state index contributed by atoms with van der Waals surface area (Å²) in [5.74, 6) is 0. The maximum atomic E-state index is 3.47. The average molecular weight is 275 g/mol. The third-order valence-corrected chi connectivity index (χ3v) is 4.20. The lowest BCUT2D eigenvalue weighted by Gasteiger charge is -2.37. The molecule has 1 heterocycles. The van der Waals surface area contributed by atoms with Crippen molar-refractivity contribution in [3.63, 3.8) is 0 Å². The minimum atomic E-state index is 0.665. The minimum absolute atomic E-state index is 0.665. The standard InChI is InChI=1S/C17H29N3/c1-4-8-18-12-16-6-5-7-17(11-16)14-20-10-9-19(3)15(2)13-20/h5-7,11,15,18H,4,8-10,12-14H2,1-3H3. The van der Waals surface area contributed by atoms with Crippen LogP contribution >= 0.6 is 0 Å². The summed E-state index contributed by atoms with van der Waals surface area (Å²) in [5, 5.41) is 3.47. The van der Waals surface area contributed by atoms with Crippen LogP contribution in [0.25, 0.3) is 0 Å². The van der Waals surface area contributed by atoms with Gasteiger partial charge in [-0.05, 0) is 38.1 Å². The van der Waals surface area contributed by atoms with E-state index in [1.54, 1.807) is 0 Å². The predicted molar refractivity (Wildman–Crippen MR) is 85.8 cm³/mol. The molecule has 3 nitrogen and oxygen atoms in total. The van der Waals surface area contributed by atoms with E-state index in [2.05, 4.69) is 60.3 Å². The zero-order valence-corrected chi connectivity index (χ0v) is 13.2. The Bertz CT molecular complexity index is 405. The molecule has 1 aromatic carbocycles. The van der Waals surface area contributed by atoms with Crippen molar-refractivity contribution in [3.8, 4) is 0 Å². The summed E-state index contributed by atoms with van der Waals surface area (Å²) in [7, 11) is 2.22. The Hall–Kier alpha value is -0.900. The Kier molecular flexibility index (Phi) is 6.02. The lowest BCUT2D eigenvalue weighted by Crippen LogP contribution is -2.49. The molecule has 0 saturated carbocycles. The highest BCUT2D eigenvalue weighted by atomic mass is 15.3. The number of benzene rings is 1. The van der Waals surface area contributed by atoms with Gasteiger partial charge >= 0.3 is 0 Å². The first-order valence-corrected chi connectivity index (χ1v) is 7.90. The summed E-state index contributed by atoms with van der Waals surface area (Å²) >= 11 is 0. The lowest BCUT2D eigenvalue weighted by atomic mass is 10.1. The third-order valence-electron chi connectivity index (χ3n) is 4.20. The molecule has 1 atom stereocenters. The van der Waals surface area contributed by atoms with Gasteiger partial charge in [-0.15, -0.1) is 0 Å². The van der Waals surface area contributed by atoms with Crippen LogP contribution in [0.1, 0.15) is 31.4 Å². The predicted octanol–water partition coefficient (Wildman–Crippen LogP) is 2.32. The molecule has 1 aliphatic rings. The van der Waals surface area contributed by atoms with Crippen LogP contribution in [0.4, 0.5) is 0 Å². The van der Waals surface area contributed by atoms with Crippen LogP contribution in [0.2, 0.25) is 0 Å². The molecular weight excluding hydrogens is 246 g/mol. The third kappa shape index (κ3) is 4.58. The monoisotopic (exact) mass is 275 g/mol. The molecule has 1 N–H and O–H groups in total. The summed E-state index contributed by atoms with van der Waals surface area (Å²) < 4.78 is 0. The van der Waals surface area contributed by atoms with Gasteiger partial charge in [-0.1, -0.05) is 31.2 Å². The largest absolute Gasteiger partial charge is 0.313 e. The van der Waals surface area contributed by atoms with Crippen molar-refractivity contribution in [3.05, 3.63) is 35.4 Å². The Morgan fingerprint density at radius 3 is 2.80 bits per heavy atom. The van der Waals surface area contributed by atoms with E-state index in [1.165, 1.54) is 37.2 Å². The van der Waals surface area contributed by atoms with E-state index in [1.807, 2.05) is 0 Å². The SMILES string of the molecule is CCCNCc1cccc(CN2CCN(C)C(C)C2)c1. The molecule has 1 aromatic rings. The maximum absolute atomic E-state index is 3.47. The molecule has 1 aliphatic heterocycles. The fourth-order valence-electron chi connectivity index (χ4n) is 2.77. The van der Waals surface area contributed by atoms with Crippen molar-refractivity contribution in [2.45, 2.75) is 39.4 Å². The van der Waals surface area contributed by atoms with Gasteiger partial charge in [0.25, 0.3) is 0 Å². The van der Waals surface area contributed by atoms with Crippen molar-refractivity contribution in [1.29, 1.82) is 0 Å². The first-order valence-electron chi connectivity index (χ1n) is 7.90. The molecule has 0 aromatic heterocycles. The summed E-state index contributed by atoms with van der Waals surface area (Å²) in [6, 6.07) is 9.69. The molecule has 0 radical (unpaired) electrons. The van der Waals surface area contributed by atoms with E-state index in [-0.39, 0.29) is 0 Å². The number of piperazine rings is 1. The molecule has 0 bridgehead atoms. The second kappa shape index (κ2) is 7.77. The molecule has 0 amide bonds. The molecular formula is C17H29N3. The van der Waals surface area contributed by atoms with Gasteiger partial charge < -0.3 is 10.2 Å². The fourth-order valence-corrected chi connectivity index (χ4v) is 2.77. The topological polar surface area (TPSA) is 18.5 Å². The Morgan fingerprint density at radius 1 is 1.25 bits per heavy atom.